The summed E-state index contributed by atoms with van der Waals surface area (Å²) in [6, 6.07) is 1.94. The third kappa shape index (κ3) is 4.20. The summed E-state index contributed by atoms with van der Waals surface area (Å²) in [5.74, 6) is -2.20. The normalized spacial score (nSPS) is 20.5. The van der Waals surface area contributed by atoms with Crippen LogP contribution in [0.15, 0.2) is 30.7 Å². The third-order valence-corrected chi connectivity index (χ3v) is 7.08. The predicted molar refractivity (Wildman–Crippen MR) is 121 cm³/mol. The lowest BCUT2D eigenvalue weighted by Gasteiger charge is -2.32. The summed E-state index contributed by atoms with van der Waals surface area (Å²) in [6.07, 6.45) is 1.49. The van der Waals surface area contributed by atoms with E-state index < -0.39 is 24.4 Å². The van der Waals surface area contributed by atoms with Crippen LogP contribution < -0.4 is 0 Å². The van der Waals surface area contributed by atoms with Gasteiger partial charge in [-0.05, 0) is 25.3 Å². The zero-order chi connectivity index (χ0) is 25.9. The van der Waals surface area contributed by atoms with Gasteiger partial charge in [-0.1, -0.05) is 0 Å². The Morgan fingerprint density at radius 3 is 2.73 bits per heavy atom. The van der Waals surface area contributed by atoms with E-state index in [-0.39, 0.29) is 45.0 Å². The predicted octanol–water partition coefficient (Wildman–Crippen LogP) is 4.23. The summed E-state index contributed by atoms with van der Waals surface area (Å²) in [5, 5.41) is 4.29. The van der Waals surface area contributed by atoms with Crippen molar-refractivity contribution in [2.75, 3.05) is 26.3 Å². The van der Waals surface area contributed by atoms with Gasteiger partial charge in [-0.2, -0.15) is 18.3 Å². The van der Waals surface area contributed by atoms with Gasteiger partial charge in [-0.25, -0.2) is 13.8 Å². The van der Waals surface area contributed by atoms with Crippen LogP contribution in [0.4, 0.5) is 22.0 Å². The molecule has 6 heterocycles. The summed E-state index contributed by atoms with van der Waals surface area (Å²) in [7, 11) is 0. The average molecular weight is 520 g/mol. The second-order valence-electron chi connectivity index (χ2n) is 9.68. The van der Waals surface area contributed by atoms with Gasteiger partial charge in [0.1, 0.15) is 23.7 Å². The van der Waals surface area contributed by atoms with Crippen molar-refractivity contribution in [3.8, 4) is 11.4 Å². The molecule has 2 aliphatic rings. The molecule has 1 unspecified atom stereocenters. The first-order valence-electron chi connectivity index (χ1n) is 11.8. The van der Waals surface area contributed by atoms with Crippen LogP contribution in [0.2, 0.25) is 0 Å². The summed E-state index contributed by atoms with van der Waals surface area (Å²) in [5.41, 5.74) is -0.207. The molecule has 2 fully saturated rings. The van der Waals surface area contributed by atoms with Crippen molar-refractivity contribution in [3.63, 3.8) is 0 Å². The fourth-order valence-electron chi connectivity index (χ4n) is 5.36. The van der Waals surface area contributed by atoms with E-state index in [4.69, 9.17) is 4.74 Å². The fraction of sp³-hybridized carbons (Fsp3) is 0.417. The molecule has 4 aromatic rings. The quantitative estimate of drug-likeness (QED) is 0.378. The van der Waals surface area contributed by atoms with Gasteiger partial charge in [0.2, 0.25) is 0 Å². The average Bonchev–Trinajstić information content (AvgIpc) is 3.54. The van der Waals surface area contributed by atoms with Crippen molar-refractivity contribution in [3.05, 3.63) is 48.1 Å². The van der Waals surface area contributed by atoms with Crippen molar-refractivity contribution >= 4 is 22.5 Å². The first-order valence-corrected chi connectivity index (χ1v) is 11.8. The number of alkyl halides is 3. The number of fused-ring (bicyclic) bond motifs is 2. The second kappa shape index (κ2) is 8.47. The molecule has 37 heavy (non-hydrogen) atoms. The number of carbonyl (C=O) groups excluding carboxylic acids is 1. The maximum absolute atomic E-state index is 14.2. The molecule has 8 nitrogen and oxygen atoms in total. The third-order valence-electron chi connectivity index (χ3n) is 7.08. The van der Waals surface area contributed by atoms with Crippen LogP contribution in [0.5, 0.6) is 0 Å². The smallest absolute Gasteiger partial charge is 0.381 e. The topological polar surface area (TPSA) is 77.6 Å². The summed E-state index contributed by atoms with van der Waals surface area (Å²) in [4.78, 5) is 23.1. The lowest BCUT2D eigenvalue weighted by molar-refractivity contribution is -0.141. The number of ether oxygens (including phenoxy) is 1. The Hall–Kier alpha value is -3.61. The van der Waals surface area contributed by atoms with E-state index in [0.717, 1.165) is 34.5 Å². The Morgan fingerprint density at radius 2 is 1.97 bits per heavy atom. The molecule has 2 aliphatic heterocycles. The number of nitrogens with zero attached hydrogens (tertiary/aromatic N) is 6. The summed E-state index contributed by atoms with van der Waals surface area (Å²) < 4.78 is 75.7. The molecule has 194 valence electrons. The van der Waals surface area contributed by atoms with Gasteiger partial charge in [0.05, 0.1) is 24.0 Å². The molecule has 0 bridgehead atoms. The number of rotatable bonds is 3. The Kier molecular flexibility index (Phi) is 5.44. The van der Waals surface area contributed by atoms with Gasteiger partial charge in [0, 0.05) is 49.0 Å². The SMILES string of the molecule is O=C(c1cc2c(cn1)c(-c1cnc3c(F)cc(F)cn13)nn2CC(F)(F)F)N1CCC2(CCCOC2)C1. The molecule has 1 amide bonds. The van der Waals surface area contributed by atoms with Crippen molar-refractivity contribution in [1.29, 1.82) is 0 Å². The number of halogens is 5. The molecule has 1 spiro atoms. The molecular weight excluding hydrogens is 499 g/mol. The lowest BCUT2D eigenvalue weighted by atomic mass is 9.82. The molecule has 0 radical (unpaired) electrons. The highest BCUT2D eigenvalue weighted by atomic mass is 19.4. The highest BCUT2D eigenvalue weighted by Crippen LogP contribution is 2.39. The molecular formula is C24H21F5N6O2. The molecule has 4 aromatic heterocycles. The van der Waals surface area contributed by atoms with Crippen LogP contribution in [0.3, 0.4) is 0 Å². The van der Waals surface area contributed by atoms with Gasteiger partial charge in [0.15, 0.2) is 11.5 Å². The summed E-state index contributed by atoms with van der Waals surface area (Å²) in [6.45, 7) is 0.854. The molecule has 0 aromatic carbocycles. The first-order chi connectivity index (χ1) is 17.6. The van der Waals surface area contributed by atoms with Crippen molar-refractivity contribution in [2.24, 2.45) is 5.41 Å². The van der Waals surface area contributed by atoms with E-state index in [1.165, 1.54) is 18.5 Å². The van der Waals surface area contributed by atoms with Gasteiger partial charge in [0.25, 0.3) is 5.91 Å². The Morgan fingerprint density at radius 1 is 1.14 bits per heavy atom. The van der Waals surface area contributed by atoms with Crippen LogP contribution in [0, 0.1) is 17.0 Å². The first kappa shape index (κ1) is 23.8. The molecule has 1 atom stereocenters. The van der Waals surface area contributed by atoms with Crippen LogP contribution in [-0.4, -0.2) is 67.4 Å². The van der Waals surface area contributed by atoms with Gasteiger partial charge >= 0.3 is 6.18 Å². The molecule has 2 saturated heterocycles. The number of hydrogen-bond acceptors (Lipinski definition) is 5. The largest absolute Gasteiger partial charge is 0.408 e. The van der Waals surface area contributed by atoms with Crippen molar-refractivity contribution < 1.29 is 31.5 Å². The van der Waals surface area contributed by atoms with Crippen molar-refractivity contribution in [2.45, 2.75) is 32.0 Å². The highest BCUT2D eigenvalue weighted by Gasteiger charge is 2.42. The number of hydrogen-bond donors (Lipinski definition) is 0. The number of amides is 1. The van der Waals surface area contributed by atoms with Gasteiger partial charge < -0.3 is 9.64 Å². The number of carbonyl (C=O) groups is 1. The van der Waals surface area contributed by atoms with Crippen molar-refractivity contribution in [1.82, 2.24) is 29.0 Å². The zero-order valence-electron chi connectivity index (χ0n) is 19.4. The molecule has 0 N–H and O–H groups in total. The van der Waals surface area contributed by atoms with Crippen LogP contribution in [0.1, 0.15) is 29.8 Å². The van der Waals surface area contributed by atoms with E-state index in [9.17, 15) is 26.7 Å². The lowest BCUT2D eigenvalue weighted by Crippen LogP contribution is -2.37. The number of imidazole rings is 1. The summed E-state index contributed by atoms with van der Waals surface area (Å²) >= 11 is 0. The van der Waals surface area contributed by atoms with E-state index in [0.29, 0.717) is 32.4 Å². The van der Waals surface area contributed by atoms with Crippen LogP contribution >= 0.6 is 0 Å². The van der Waals surface area contributed by atoms with Crippen LogP contribution in [-0.2, 0) is 11.3 Å². The monoisotopic (exact) mass is 520 g/mol. The molecule has 0 aliphatic carbocycles. The minimum atomic E-state index is -4.61. The minimum absolute atomic E-state index is 0.00253. The number of likely N-dealkylation sites (tertiary alicyclic amines) is 1. The van der Waals surface area contributed by atoms with Gasteiger partial charge in [-0.15, -0.1) is 0 Å². The molecule has 6 rings (SSSR count). The van der Waals surface area contributed by atoms with E-state index >= 15 is 0 Å². The zero-order valence-corrected chi connectivity index (χ0v) is 19.4. The van der Waals surface area contributed by atoms with E-state index in [2.05, 4.69) is 15.1 Å². The fourth-order valence-corrected chi connectivity index (χ4v) is 5.36. The minimum Gasteiger partial charge on any atom is -0.381 e. The van der Waals surface area contributed by atoms with E-state index in [1.54, 1.807) is 4.90 Å². The second-order valence-corrected chi connectivity index (χ2v) is 9.68. The number of aromatic nitrogens is 5. The van der Waals surface area contributed by atoms with Gasteiger partial charge in [-0.3, -0.25) is 18.9 Å². The Balaban J connectivity index is 1.42. The molecule has 0 saturated carbocycles. The highest BCUT2D eigenvalue weighted by molar-refractivity contribution is 5.99. The number of pyridine rings is 2. The van der Waals surface area contributed by atoms with E-state index in [1.807, 2.05) is 0 Å². The maximum Gasteiger partial charge on any atom is 0.408 e. The Bertz CT molecular complexity index is 1520. The Labute approximate surface area is 206 Å². The maximum atomic E-state index is 14.2. The van der Waals surface area contributed by atoms with Crippen LogP contribution in [0.25, 0.3) is 27.9 Å². The standard InChI is InChI=1S/C24H21F5N6O2/c25-14-6-16(26)21-31-9-19(34(21)10-14)20-15-8-30-17(7-18(15)35(32-20)12-24(27,28)29)22(36)33-4-3-23(11-33)2-1-5-37-13-23/h6-10H,1-5,11-13H2. The molecule has 13 heteroatoms.